The number of amides is 2. The third-order valence-electron chi connectivity index (χ3n) is 5.07. The third kappa shape index (κ3) is 3.76. The molecule has 5 heteroatoms. The molecule has 1 atom stereocenters. The molecule has 0 N–H and O–H groups in total. The first kappa shape index (κ1) is 17.3. The summed E-state index contributed by atoms with van der Waals surface area (Å²) in [4.78, 5) is 28.7. The standard InChI is InChI=1S/C20H24N2O3/c1-15(16-7-4-3-5-8-16)21(2)19(23)17-10-12-22(13-11-17)20(24)18-9-6-14-25-18/h3-9,14-15,17H,10-13H2,1-2H3. The van der Waals surface area contributed by atoms with Crippen LogP contribution in [0.1, 0.15) is 41.9 Å². The normalized spacial score (nSPS) is 16.5. The zero-order valence-electron chi connectivity index (χ0n) is 14.7. The number of carbonyl (C=O) groups excluding carboxylic acids is 2. The van der Waals surface area contributed by atoms with Gasteiger partial charge in [0.05, 0.1) is 12.3 Å². The topological polar surface area (TPSA) is 53.8 Å². The van der Waals surface area contributed by atoms with Crippen molar-refractivity contribution in [3.63, 3.8) is 0 Å². The molecule has 1 aromatic carbocycles. The highest BCUT2D eigenvalue weighted by atomic mass is 16.3. The molecule has 5 nitrogen and oxygen atoms in total. The first-order valence-corrected chi connectivity index (χ1v) is 8.72. The first-order valence-electron chi connectivity index (χ1n) is 8.72. The molecule has 0 radical (unpaired) electrons. The van der Waals surface area contributed by atoms with E-state index in [1.54, 1.807) is 17.0 Å². The lowest BCUT2D eigenvalue weighted by Gasteiger charge is -2.34. The SMILES string of the molecule is CC(c1ccccc1)N(C)C(=O)C1CCN(C(=O)c2ccco2)CC1. The van der Waals surface area contributed by atoms with Crippen LogP contribution in [0.25, 0.3) is 0 Å². The van der Waals surface area contributed by atoms with Crippen LogP contribution in [0, 0.1) is 5.92 Å². The maximum atomic E-state index is 12.8. The fourth-order valence-electron chi connectivity index (χ4n) is 3.32. The van der Waals surface area contributed by atoms with E-state index in [4.69, 9.17) is 4.42 Å². The fourth-order valence-corrected chi connectivity index (χ4v) is 3.32. The van der Waals surface area contributed by atoms with Crippen LogP contribution in [-0.4, -0.2) is 41.8 Å². The molecule has 1 fully saturated rings. The van der Waals surface area contributed by atoms with Crippen LogP contribution in [0.3, 0.4) is 0 Å². The van der Waals surface area contributed by atoms with Crippen LogP contribution >= 0.6 is 0 Å². The molecular formula is C20H24N2O3. The van der Waals surface area contributed by atoms with E-state index in [9.17, 15) is 9.59 Å². The summed E-state index contributed by atoms with van der Waals surface area (Å²) in [6, 6.07) is 13.5. The molecule has 0 bridgehead atoms. The van der Waals surface area contributed by atoms with E-state index in [0.29, 0.717) is 31.7 Å². The summed E-state index contributed by atoms with van der Waals surface area (Å²) in [5.41, 5.74) is 1.13. The van der Waals surface area contributed by atoms with Gasteiger partial charge in [-0.2, -0.15) is 0 Å². The predicted molar refractivity (Wildman–Crippen MR) is 95.0 cm³/mol. The van der Waals surface area contributed by atoms with Crippen molar-refractivity contribution in [3.05, 3.63) is 60.1 Å². The third-order valence-corrected chi connectivity index (χ3v) is 5.07. The van der Waals surface area contributed by atoms with Crippen LogP contribution < -0.4 is 0 Å². The minimum Gasteiger partial charge on any atom is -0.459 e. The highest BCUT2D eigenvalue weighted by Gasteiger charge is 2.31. The van der Waals surface area contributed by atoms with Crippen molar-refractivity contribution in [1.29, 1.82) is 0 Å². The number of benzene rings is 1. The van der Waals surface area contributed by atoms with Crippen LogP contribution in [-0.2, 0) is 4.79 Å². The van der Waals surface area contributed by atoms with Gasteiger partial charge in [0, 0.05) is 26.1 Å². The molecule has 2 aromatic rings. The van der Waals surface area contributed by atoms with Crippen molar-refractivity contribution in [2.75, 3.05) is 20.1 Å². The summed E-state index contributed by atoms with van der Waals surface area (Å²) in [5.74, 6) is 0.389. The first-order chi connectivity index (χ1) is 12.1. The highest BCUT2D eigenvalue weighted by Crippen LogP contribution is 2.25. The average molecular weight is 340 g/mol. The van der Waals surface area contributed by atoms with Gasteiger partial charge in [-0.25, -0.2) is 0 Å². The van der Waals surface area contributed by atoms with Crippen molar-refractivity contribution in [3.8, 4) is 0 Å². The molecular weight excluding hydrogens is 316 g/mol. The molecule has 0 saturated carbocycles. The number of likely N-dealkylation sites (tertiary alicyclic amines) is 1. The fraction of sp³-hybridized carbons (Fsp3) is 0.400. The number of hydrogen-bond acceptors (Lipinski definition) is 3. The second-order valence-corrected chi connectivity index (χ2v) is 6.58. The Bertz CT molecular complexity index is 704. The number of nitrogens with zero attached hydrogens (tertiary/aromatic N) is 2. The van der Waals surface area contributed by atoms with Crippen molar-refractivity contribution in [2.24, 2.45) is 5.92 Å². The number of carbonyl (C=O) groups is 2. The lowest BCUT2D eigenvalue weighted by Crippen LogP contribution is -2.43. The number of hydrogen-bond donors (Lipinski definition) is 0. The van der Waals surface area contributed by atoms with Crippen LogP contribution in [0.4, 0.5) is 0 Å². The van der Waals surface area contributed by atoms with Crippen molar-refractivity contribution >= 4 is 11.8 Å². The molecule has 2 heterocycles. The van der Waals surface area contributed by atoms with Gasteiger partial charge in [0.25, 0.3) is 5.91 Å². The summed E-state index contributed by atoms with van der Waals surface area (Å²) >= 11 is 0. The Balaban J connectivity index is 1.57. The second kappa shape index (κ2) is 7.55. The highest BCUT2D eigenvalue weighted by molar-refractivity contribution is 5.91. The number of furan rings is 1. The molecule has 1 aliphatic heterocycles. The molecule has 3 rings (SSSR count). The summed E-state index contributed by atoms with van der Waals surface area (Å²) in [6.45, 7) is 3.22. The van der Waals surface area contributed by atoms with Crippen LogP contribution in [0.15, 0.2) is 53.1 Å². The summed E-state index contributed by atoms with van der Waals surface area (Å²) in [7, 11) is 1.86. The largest absolute Gasteiger partial charge is 0.459 e. The van der Waals surface area contributed by atoms with Crippen LogP contribution in [0.5, 0.6) is 0 Å². The molecule has 1 aliphatic rings. The summed E-state index contributed by atoms with van der Waals surface area (Å²) < 4.78 is 5.18. The molecule has 2 amide bonds. The van der Waals surface area contributed by atoms with Crippen molar-refractivity contribution in [2.45, 2.75) is 25.8 Å². The van der Waals surface area contributed by atoms with E-state index in [1.807, 2.05) is 49.2 Å². The lowest BCUT2D eigenvalue weighted by molar-refractivity contribution is -0.137. The monoisotopic (exact) mass is 340 g/mol. The Morgan fingerprint density at radius 2 is 1.80 bits per heavy atom. The van der Waals surface area contributed by atoms with E-state index in [-0.39, 0.29) is 23.8 Å². The molecule has 1 unspecified atom stereocenters. The van der Waals surface area contributed by atoms with Crippen LogP contribution in [0.2, 0.25) is 0 Å². The molecule has 1 saturated heterocycles. The van der Waals surface area contributed by atoms with Gasteiger partial charge >= 0.3 is 0 Å². The molecule has 1 aromatic heterocycles. The van der Waals surface area contributed by atoms with Crippen molar-refractivity contribution in [1.82, 2.24) is 9.80 Å². The Hall–Kier alpha value is -2.56. The predicted octanol–water partition coefficient (Wildman–Crippen LogP) is 3.35. The minimum atomic E-state index is -0.0955. The number of piperidine rings is 1. The Morgan fingerprint density at radius 3 is 2.40 bits per heavy atom. The smallest absolute Gasteiger partial charge is 0.289 e. The van der Waals surface area contributed by atoms with Gasteiger partial charge in [0.1, 0.15) is 0 Å². The van der Waals surface area contributed by atoms with Crippen molar-refractivity contribution < 1.29 is 14.0 Å². The lowest BCUT2D eigenvalue weighted by atomic mass is 9.94. The van der Waals surface area contributed by atoms with Gasteiger partial charge in [-0.3, -0.25) is 9.59 Å². The number of rotatable bonds is 4. The van der Waals surface area contributed by atoms with Gasteiger partial charge in [-0.1, -0.05) is 30.3 Å². The van der Waals surface area contributed by atoms with Gasteiger partial charge in [-0.05, 0) is 37.5 Å². The van der Waals surface area contributed by atoms with E-state index >= 15 is 0 Å². The van der Waals surface area contributed by atoms with Gasteiger partial charge < -0.3 is 14.2 Å². The van der Waals surface area contributed by atoms with Gasteiger partial charge in [-0.15, -0.1) is 0 Å². The van der Waals surface area contributed by atoms with Gasteiger partial charge in [0.15, 0.2) is 5.76 Å². The zero-order valence-corrected chi connectivity index (χ0v) is 14.7. The second-order valence-electron chi connectivity index (χ2n) is 6.58. The van der Waals surface area contributed by atoms with E-state index in [2.05, 4.69) is 0 Å². The quantitative estimate of drug-likeness (QED) is 0.858. The van der Waals surface area contributed by atoms with E-state index < -0.39 is 0 Å². The summed E-state index contributed by atoms with van der Waals surface area (Å²) in [5, 5.41) is 0. The Morgan fingerprint density at radius 1 is 1.12 bits per heavy atom. The maximum absolute atomic E-state index is 12.8. The molecule has 0 spiro atoms. The molecule has 0 aliphatic carbocycles. The molecule has 132 valence electrons. The zero-order chi connectivity index (χ0) is 17.8. The molecule has 25 heavy (non-hydrogen) atoms. The Labute approximate surface area is 148 Å². The minimum absolute atomic E-state index is 0.0307. The van der Waals surface area contributed by atoms with E-state index in [0.717, 1.165) is 5.56 Å². The van der Waals surface area contributed by atoms with Gasteiger partial charge in [0.2, 0.25) is 5.91 Å². The average Bonchev–Trinajstić information content (AvgIpc) is 3.21. The Kier molecular flexibility index (Phi) is 5.22. The van der Waals surface area contributed by atoms with E-state index in [1.165, 1.54) is 6.26 Å². The summed E-state index contributed by atoms with van der Waals surface area (Å²) in [6.07, 6.45) is 2.89. The maximum Gasteiger partial charge on any atom is 0.289 e.